The van der Waals surface area contributed by atoms with Crippen LogP contribution in [0, 0.1) is 18.8 Å². The molecule has 24 heavy (non-hydrogen) atoms. The summed E-state index contributed by atoms with van der Waals surface area (Å²) in [6.45, 7) is 3.30. The van der Waals surface area contributed by atoms with E-state index in [1.54, 1.807) is 24.3 Å². The number of hydrogen-bond acceptors (Lipinski definition) is 5. The summed E-state index contributed by atoms with van der Waals surface area (Å²) in [6, 6.07) is 5.64. The average Bonchev–Trinajstić information content (AvgIpc) is 3.11. The van der Waals surface area contributed by atoms with Crippen molar-refractivity contribution in [3.8, 4) is 0 Å². The maximum Gasteiger partial charge on any atom is 0.311 e. The van der Waals surface area contributed by atoms with E-state index >= 15 is 0 Å². The van der Waals surface area contributed by atoms with Crippen LogP contribution in [0.15, 0.2) is 29.2 Å². The van der Waals surface area contributed by atoms with Gasteiger partial charge in [0.25, 0.3) is 0 Å². The SMILES string of the molecule is COC(=O)[C@H]1[C@H](C(C)=O)[C@H]2CC[C@H]1N2S(=O)(=O)c1ccc(C)cc1. The summed E-state index contributed by atoms with van der Waals surface area (Å²) in [4.78, 5) is 24.5. The minimum atomic E-state index is -3.76. The van der Waals surface area contributed by atoms with Crippen LogP contribution < -0.4 is 0 Å². The maximum absolute atomic E-state index is 13.1. The topological polar surface area (TPSA) is 80.8 Å². The van der Waals surface area contributed by atoms with Crippen molar-refractivity contribution in [1.29, 1.82) is 0 Å². The van der Waals surface area contributed by atoms with Gasteiger partial charge in [-0.15, -0.1) is 0 Å². The molecule has 7 heteroatoms. The van der Waals surface area contributed by atoms with E-state index in [0.717, 1.165) is 5.56 Å². The second kappa shape index (κ2) is 5.97. The summed E-state index contributed by atoms with van der Waals surface area (Å²) in [5, 5.41) is 0. The first-order chi connectivity index (χ1) is 11.3. The lowest BCUT2D eigenvalue weighted by atomic mass is 9.77. The number of benzene rings is 1. The Bertz CT molecular complexity index is 771. The van der Waals surface area contributed by atoms with Crippen LogP contribution in [-0.4, -0.2) is 43.7 Å². The van der Waals surface area contributed by atoms with Crippen LogP contribution in [0.1, 0.15) is 25.3 Å². The first-order valence-electron chi connectivity index (χ1n) is 7.97. The Morgan fingerprint density at radius 2 is 1.62 bits per heavy atom. The van der Waals surface area contributed by atoms with Gasteiger partial charge in [0.05, 0.1) is 17.9 Å². The second-order valence-electron chi connectivity index (χ2n) is 6.55. The minimum absolute atomic E-state index is 0.165. The fourth-order valence-electron chi connectivity index (χ4n) is 4.15. The van der Waals surface area contributed by atoms with Crippen molar-refractivity contribution < 1.29 is 22.7 Å². The number of fused-ring (bicyclic) bond motifs is 2. The molecule has 0 radical (unpaired) electrons. The van der Waals surface area contributed by atoms with Crippen LogP contribution in [0.5, 0.6) is 0 Å². The Morgan fingerprint density at radius 1 is 1.08 bits per heavy atom. The summed E-state index contributed by atoms with van der Waals surface area (Å²) < 4.78 is 32.4. The average molecular weight is 351 g/mol. The zero-order valence-electron chi connectivity index (χ0n) is 13.9. The Hall–Kier alpha value is -1.73. The van der Waals surface area contributed by atoms with Crippen LogP contribution in [0.3, 0.4) is 0 Å². The van der Waals surface area contributed by atoms with Gasteiger partial charge in [-0.3, -0.25) is 9.59 Å². The van der Waals surface area contributed by atoms with Crippen molar-refractivity contribution >= 4 is 21.8 Å². The van der Waals surface area contributed by atoms with E-state index in [0.29, 0.717) is 12.8 Å². The van der Waals surface area contributed by atoms with Gasteiger partial charge in [0.15, 0.2) is 0 Å². The molecule has 2 fully saturated rings. The van der Waals surface area contributed by atoms with Gasteiger partial charge < -0.3 is 4.74 Å². The highest BCUT2D eigenvalue weighted by Gasteiger charge is 2.61. The number of sulfonamides is 1. The van der Waals surface area contributed by atoms with Gasteiger partial charge in [-0.2, -0.15) is 4.31 Å². The zero-order chi connectivity index (χ0) is 17.6. The normalized spacial score (nSPS) is 29.6. The lowest BCUT2D eigenvalue weighted by Crippen LogP contribution is -2.38. The molecule has 4 atom stereocenters. The summed E-state index contributed by atoms with van der Waals surface area (Å²) in [7, 11) is -2.49. The third-order valence-corrected chi connectivity index (χ3v) is 7.13. The number of carbonyl (C=O) groups excluding carboxylic acids is 2. The molecule has 6 nitrogen and oxygen atoms in total. The summed E-state index contributed by atoms with van der Waals surface area (Å²) in [5.41, 5.74) is 0.965. The third kappa shape index (κ3) is 2.46. The molecule has 1 aromatic carbocycles. The van der Waals surface area contributed by atoms with Gasteiger partial charge >= 0.3 is 5.97 Å². The molecule has 0 aromatic heterocycles. The summed E-state index contributed by atoms with van der Waals surface area (Å²) in [5.74, 6) is -2.02. The highest BCUT2D eigenvalue weighted by Crippen LogP contribution is 2.49. The standard InChI is InChI=1S/C17H21NO5S/c1-10-4-6-12(7-5-10)24(21,22)18-13-8-9-14(18)16(17(20)23-3)15(13)11(2)19/h4-7,13-16H,8-9H2,1-3H3/t13-,14-,15-,16-/m1/s1. The maximum atomic E-state index is 13.1. The fraction of sp³-hybridized carbons (Fsp3) is 0.529. The highest BCUT2D eigenvalue weighted by atomic mass is 32.2. The highest BCUT2D eigenvalue weighted by molar-refractivity contribution is 7.89. The molecule has 130 valence electrons. The third-order valence-electron chi connectivity index (χ3n) is 5.17. The Morgan fingerprint density at radius 3 is 2.12 bits per heavy atom. The monoisotopic (exact) mass is 351 g/mol. The van der Waals surface area contributed by atoms with Gasteiger partial charge in [0.2, 0.25) is 10.0 Å². The van der Waals surface area contributed by atoms with Crippen LogP contribution >= 0.6 is 0 Å². The van der Waals surface area contributed by atoms with Crippen LogP contribution in [-0.2, 0) is 24.3 Å². The van der Waals surface area contributed by atoms with E-state index in [1.165, 1.54) is 18.3 Å². The number of esters is 1. The molecule has 0 spiro atoms. The number of Topliss-reactive ketones (excluding diaryl/α,β-unsaturated/α-hetero) is 1. The Balaban J connectivity index is 2.04. The molecule has 2 bridgehead atoms. The van der Waals surface area contributed by atoms with E-state index in [4.69, 9.17) is 4.74 Å². The molecule has 2 saturated heterocycles. The molecular formula is C17H21NO5S. The molecule has 0 saturated carbocycles. The molecule has 0 amide bonds. The Labute approximate surface area is 141 Å². The minimum Gasteiger partial charge on any atom is -0.469 e. The molecule has 2 aliphatic rings. The zero-order valence-corrected chi connectivity index (χ0v) is 14.7. The van der Waals surface area contributed by atoms with E-state index in [1.807, 2.05) is 6.92 Å². The van der Waals surface area contributed by atoms with Crippen molar-refractivity contribution in [2.75, 3.05) is 7.11 Å². The molecule has 2 heterocycles. The smallest absolute Gasteiger partial charge is 0.311 e. The van der Waals surface area contributed by atoms with Gasteiger partial charge in [-0.05, 0) is 38.8 Å². The number of ketones is 1. The molecule has 0 unspecified atom stereocenters. The molecule has 3 rings (SSSR count). The number of ether oxygens (including phenoxy) is 1. The fourth-order valence-corrected chi connectivity index (χ4v) is 6.06. The number of hydrogen-bond donors (Lipinski definition) is 0. The van der Waals surface area contributed by atoms with E-state index in [-0.39, 0.29) is 10.7 Å². The molecule has 1 aromatic rings. The van der Waals surface area contributed by atoms with Crippen LogP contribution in [0.25, 0.3) is 0 Å². The van der Waals surface area contributed by atoms with Gasteiger partial charge in [-0.1, -0.05) is 17.7 Å². The van der Waals surface area contributed by atoms with Crippen LogP contribution in [0.2, 0.25) is 0 Å². The van der Waals surface area contributed by atoms with E-state index < -0.39 is 39.9 Å². The lowest BCUT2D eigenvalue weighted by Gasteiger charge is -2.24. The van der Waals surface area contributed by atoms with E-state index in [2.05, 4.69) is 0 Å². The molecular weight excluding hydrogens is 330 g/mol. The van der Waals surface area contributed by atoms with E-state index in [9.17, 15) is 18.0 Å². The lowest BCUT2D eigenvalue weighted by molar-refractivity contribution is -0.150. The molecule has 2 aliphatic heterocycles. The number of methoxy groups -OCH3 is 1. The number of rotatable bonds is 4. The van der Waals surface area contributed by atoms with Crippen molar-refractivity contribution in [1.82, 2.24) is 4.31 Å². The van der Waals surface area contributed by atoms with Crippen molar-refractivity contribution in [2.24, 2.45) is 11.8 Å². The van der Waals surface area contributed by atoms with Crippen LogP contribution in [0.4, 0.5) is 0 Å². The van der Waals surface area contributed by atoms with Crippen molar-refractivity contribution in [2.45, 2.75) is 43.7 Å². The number of aryl methyl sites for hydroxylation is 1. The summed E-state index contributed by atoms with van der Waals surface area (Å²) >= 11 is 0. The van der Waals surface area contributed by atoms with Gasteiger partial charge in [0.1, 0.15) is 5.78 Å². The number of carbonyl (C=O) groups is 2. The summed E-state index contributed by atoms with van der Waals surface area (Å²) in [6.07, 6.45) is 1.16. The van der Waals surface area contributed by atoms with Gasteiger partial charge in [-0.25, -0.2) is 8.42 Å². The predicted octanol–water partition coefficient (Wildman–Crippen LogP) is 1.52. The first kappa shape index (κ1) is 17.1. The quantitative estimate of drug-likeness (QED) is 0.769. The number of nitrogens with zero attached hydrogens (tertiary/aromatic N) is 1. The Kier molecular flexibility index (Phi) is 4.25. The van der Waals surface area contributed by atoms with Gasteiger partial charge in [0, 0.05) is 18.0 Å². The van der Waals surface area contributed by atoms with Crippen molar-refractivity contribution in [3.63, 3.8) is 0 Å². The first-order valence-corrected chi connectivity index (χ1v) is 9.41. The van der Waals surface area contributed by atoms with Crippen molar-refractivity contribution in [3.05, 3.63) is 29.8 Å². The predicted molar refractivity (Wildman–Crippen MR) is 86.7 cm³/mol. The second-order valence-corrected chi connectivity index (χ2v) is 8.39. The molecule has 0 N–H and O–H groups in total. The largest absolute Gasteiger partial charge is 0.469 e. The molecule has 0 aliphatic carbocycles.